The van der Waals surface area contributed by atoms with E-state index < -0.39 is 0 Å². The van der Waals surface area contributed by atoms with Crippen molar-refractivity contribution in [1.29, 1.82) is 0 Å². The fourth-order valence-electron chi connectivity index (χ4n) is 1.41. The zero-order valence-corrected chi connectivity index (χ0v) is 9.47. The first kappa shape index (κ1) is 10.7. The van der Waals surface area contributed by atoms with Crippen LogP contribution in [-0.2, 0) is 0 Å². The lowest BCUT2D eigenvalue weighted by molar-refractivity contribution is 0.264. The molecule has 0 saturated heterocycles. The SMILES string of the molecule is CC(C)COc1ncnc2ccc(N)cc12. The number of hydrogen-bond acceptors (Lipinski definition) is 4. The van der Waals surface area contributed by atoms with Gasteiger partial charge in [-0.25, -0.2) is 9.97 Å². The predicted molar refractivity (Wildman–Crippen MR) is 64.3 cm³/mol. The molecule has 1 aromatic heterocycles. The molecule has 0 bridgehead atoms. The van der Waals surface area contributed by atoms with Gasteiger partial charge in [0.15, 0.2) is 0 Å². The Labute approximate surface area is 94.5 Å². The molecule has 0 fully saturated rings. The molecule has 2 N–H and O–H groups in total. The molecule has 0 unspecified atom stereocenters. The van der Waals surface area contributed by atoms with E-state index in [9.17, 15) is 0 Å². The summed E-state index contributed by atoms with van der Waals surface area (Å²) in [5, 5.41) is 0.864. The van der Waals surface area contributed by atoms with E-state index in [1.807, 2.05) is 18.2 Å². The van der Waals surface area contributed by atoms with Crippen LogP contribution in [0.2, 0.25) is 0 Å². The number of benzene rings is 1. The van der Waals surface area contributed by atoms with Crippen molar-refractivity contribution < 1.29 is 4.74 Å². The molecule has 2 rings (SSSR count). The third-order valence-electron chi connectivity index (χ3n) is 2.18. The predicted octanol–water partition coefficient (Wildman–Crippen LogP) is 2.25. The van der Waals surface area contributed by atoms with Crippen LogP contribution in [0.4, 0.5) is 5.69 Å². The molecule has 4 nitrogen and oxygen atoms in total. The zero-order chi connectivity index (χ0) is 11.5. The van der Waals surface area contributed by atoms with Crippen LogP contribution >= 0.6 is 0 Å². The maximum Gasteiger partial charge on any atom is 0.224 e. The summed E-state index contributed by atoms with van der Waals surface area (Å²) in [5.74, 6) is 1.07. The molecule has 84 valence electrons. The molecule has 0 atom stereocenters. The van der Waals surface area contributed by atoms with Crippen LogP contribution in [-0.4, -0.2) is 16.6 Å². The molecule has 1 heterocycles. The lowest BCUT2D eigenvalue weighted by Crippen LogP contribution is -2.06. The standard InChI is InChI=1S/C12H15N3O/c1-8(2)6-16-12-10-5-9(13)3-4-11(10)14-7-15-12/h3-5,7-8H,6,13H2,1-2H3. The van der Waals surface area contributed by atoms with Crippen molar-refractivity contribution in [1.82, 2.24) is 9.97 Å². The van der Waals surface area contributed by atoms with Crippen molar-refractivity contribution in [2.75, 3.05) is 12.3 Å². The van der Waals surface area contributed by atoms with Gasteiger partial charge in [-0.05, 0) is 24.1 Å². The largest absolute Gasteiger partial charge is 0.477 e. The van der Waals surface area contributed by atoms with Crippen LogP contribution < -0.4 is 10.5 Å². The summed E-state index contributed by atoms with van der Waals surface area (Å²) in [5.41, 5.74) is 7.28. The average Bonchev–Trinajstić information content (AvgIpc) is 2.26. The van der Waals surface area contributed by atoms with E-state index in [0.29, 0.717) is 24.1 Å². The second-order valence-corrected chi connectivity index (χ2v) is 4.16. The average molecular weight is 217 g/mol. The van der Waals surface area contributed by atoms with Crippen molar-refractivity contribution in [3.8, 4) is 5.88 Å². The first-order chi connectivity index (χ1) is 7.66. The Morgan fingerprint density at radius 3 is 2.88 bits per heavy atom. The minimum absolute atomic E-state index is 0.464. The van der Waals surface area contributed by atoms with Gasteiger partial charge in [-0.15, -0.1) is 0 Å². The number of hydrogen-bond donors (Lipinski definition) is 1. The van der Waals surface area contributed by atoms with Crippen LogP contribution in [0, 0.1) is 5.92 Å². The third kappa shape index (κ3) is 2.21. The van der Waals surface area contributed by atoms with Gasteiger partial charge in [-0.1, -0.05) is 13.8 Å². The van der Waals surface area contributed by atoms with Crippen LogP contribution in [0.3, 0.4) is 0 Å². The van der Waals surface area contributed by atoms with Gasteiger partial charge in [0, 0.05) is 5.69 Å². The normalized spacial score (nSPS) is 10.9. The van der Waals surface area contributed by atoms with Gasteiger partial charge < -0.3 is 10.5 Å². The number of nitrogens with two attached hydrogens (primary N) is 1. The number of nitrogen functional groups attached to an aromatic ring is 1. The maximum absolute atomic E-state index is 5.74. The number of ether oxygens (including phenoxy) is 1. The lowest BCUT2D eigenvalue weighted by atomic mass is 10.2. The van der Waals surface area contributed by atoms with E-state index >= 15 is 0 Å². The van der Waals surface area contributed by atoms with E-state index in [1.165, 1.54) is 6.33 Å². The Kier molecular flexibility index (Phi) is 2.90. The summed E-state index contributed by atoms with van der Waals surface area (Å²) in [4.78, 5) is 8.29. The third-order valence-corrected chi connectivity index (χ3v) is 2.18. The molecule has 0 radical (unpaired) electrons. The summed E-state index contributed by atoms with van der Waals surface area (Å²) in [6.45, 7) is 4.83. The summed E-state index contributed by atoms with van der Waals surface area (Å²) < 4.78 is 5.63. The van der Waals surface area contributed by atoms with Crippen molar-refractivity contribution in [3.63, 3.8) is 0 Å². The highest BCUT2D eigenvalue weighted by Gasteiger charge is 2.05. The topological polar surface area (TPSA) is 61.0 Å². The molecule has 0 aliphatic heterocycles. The summed E-state index contributed by atoms with van der Waals surface area (Å²) in [6, 6.07) is 5.53. The highest BCUT2D eigenvalue weighted by atomic mass is 16.5. The van der Waals surface area contributed by atoms with E-state index in [4.69, 9.17) is 10.5 Å². The number of rotatable bonds is 3. The molecule has 0 saturated carbocycles. The first-order valence-electron chi connectivity index (χ1n) is 5.30. The molecule has 16 heavy (non-hydrogen) atoms. The summed E-state index contributed by atoms with van der Waals surface area (Å²) >= 11 is 0. The monoisotopic (exact) mass is 217 g/mol. The Morgan fingerprint density at radius 1 is 1.31 bits per heavy atom. The van der Waals surface area contributed by atoms with Gasteiger partial charge in [0.1, 0.15) is 6.33 Å². The van der Waals surface area contributed by atoms with E-state index in [-0.39, 0.29) is 0 Å². The zero-order valence-electron chi connectivity index (χ0n) is 9.47. The fraction of sp³-hybridized carbons (Fsp3) is 0.333. The molecule has 0 aliphatic rings. The Morgan fingerprint density at radius 2 is 2.12 bits per heavy atom. The Balaban J connectivity index is 2.40. The summed E-state index contributed by atoms with van der Waals surface area (Å²) in [6.07, 6.45) is 1.51. The van der Waals surface area contributed by atoms with Crippen molar-refractivity contribution in [3.05, 3.63) is 24.5 Å². The van der Waals surface area contributed by atoms with Gasteiger partial charge in [0.2, 0.25) is 5.88 Å². The second-order valence-electron chi connectivity index (χ2n) is 4.16. The minimum atomic E-state index is 0.464. The molecule has 0 aliphatic carbocycles. The number of nitrogens with zero attached hydrogens (tertiary/aromatic N) is 2. The smallest absolute Gasteiger partial charge is 0.224 e. The van der Waals surface area contributed by atoms with E-state index in [0.717, 1.165) is 10.9 Å². The van der Waals surface area contributed by atoms with E-state index in [1.54, 1.807) is 0 Å². The Bertz CT molecular complexity index is 497. The fourth-order valence-corrected chi connectivity index (χ4v) is 1.41. The molecule has 1 aromatic carbocycles. The maximum atomic E-state index is 5.74. The molecule has 0 amide bonds. The van der Waals surface area contributed by atoms with Crippen molar-refractivity contribution in [2.24, 2.45) is 5.92 Å². The lowest BCUT2D eigenvalue weighted by Gasteiger charge is -2.09. The quantitative estimate of drug-likeness (QED) is 0.801. The molecule has 4 heteroatoms. The van der Waals surface area contributed by atoms with Crippen LogP contribution in [0.25, 0.3) is 10.9 Å². The molecular weight excluding hydrogens is 202 g/mol. The highest BCUT2D eigenvalue weighted by Crippen LogP contribution is 2.23. The second kappa shape index (κ2) is 4.35. The van der Waals surface area contributed by atoms with Gasteiger partial charge in [0.25, 0.3) is 0 Å². The van der Waals surface area contributed by atoms with Gasteiger partial charge in [-0.2, -0.15) is 0 Å². The van der Waals surface area contributed by atoms with E-state index in [2.05, 4.69) is 23.8 Å². The molecular formula is C12H15N3O. The number of fused-ring (bicyclic) bond motifs is 1. The van der Waals surface area contributed by atoms with Gasteiger partial charge >= 0.3 is 0 Å². The highest BCUT2D eigenvalue weighted by molar-refractivity contribution is 5.86. The van der Waals surface area contributed by atoms with Crippen molar-refractivity contribution in [2.45, 2.75) is 13.8 Å². The van der Waals surface area contributed by atoms with Crippen LogP contribution in [0.1, 0.15) is 13.8 Å². The number of aromatic nitrogens is 2. The number of anilines is 1. The van der Waals surface area contributed by atoms with Crippen molar-refractivity contribution >= 4 is 16.6 Å². The minimum Gasteiger partial charge on any atom is -0.477 e. The summed E-state index contributed by atoms with van der Waals surface area (Å²) in [7, 11) is 0. The van der Waals surface area contributed by atoms with Gasteiger partial charge in [-0.3, -0.25) is 0 Å². The van der Waals surface area contributed by atoms with Crippen LogP contribution in [0.15, 0.2) is 24.5 Å². The Hall–Kier alpha value is -1.84. The molecule has 0 spiro atoms. The molecule has 2 aromatic rings. The van der Waals surface area contributed by atoms with Gasteiger partial charge in [0.05, 0.1) is 17.5 Å². The first-order valence-corrected chi connectivity index (χ1v) is 5.30. The van der Waals surface area contributed by atoms with Crippen LogP contribution in [0.5, 0.6) is 5.88 Å².